The molecule has 0 radical (unpaired) electrons. The number of hydrogen-bond acceptors (Lipinski definition) is 5. The van der Waals surface area contributed by atoms with Gasteiger partial charge in [-0.25, -0.2) is 18.9 Å². The second-order valence-electron chi connectivity index (χ2n) is 9.25. The van der Waals surface area contributed by atoms with Gasteiger partial charge in [0.2, 0.25) is 0 Å². The van der Waals surface area contributed by atoms with E-state index in [1.165, 1.54) is 18.3 Å². The predicted molar refractivity (Wildman–Crippen MR) is 125 cm³/mol. The first-order valence-corrected chi connectivity index (χ1v) is 11.3. The van der Waals surface area contributed by atoms with Crippen LogP contribution in [0.5, 0.6) is 0 Å². The van der Waals surface area contributed by atoms with Crippen LogP contribution in [0.2, 0.25) is 0 Å². The molecule has 1 fully saturated rings. The molecule has 0 aliphatic carbocycles. The molecule has 3 heterocycles. The van der Waals surface area contributed by atoms with Gasteiger partial charge in [0.05, 0.1) is 23.1 Å². The lowest BCUT2D eigenvalue weighted by Crippen LogP contribution is -2.41. The second-order valence-corrected chi connectivity index (χ2v) is 9.25. The van der Waals surface area contributed by atoms with E-state index in [0.717, 1.165) is 0 Å². The molecule has 2 aromatic heterocycles. The quantitative estimate of drug-likeness (QED) is 0.599. The number of rotatable bonds is 4. The minimum atomic E-state index is -0.569. The van der Waals surface area contributed by atoms with Crippen molar-refractivity contribution in [2.24, 2.45) is 0 Å². The smallest absolute Gasteiger partial charge is 0.410 e. The highest BCUT2D eigenvalue weighted by Gasteiger charge is 2.32. The topological polar surface area (TPSA) is 89.3 Å². The SMILES string of the molecule is CC(C)(C)OC(=O)N1CCC(c2c(C(=O)Nc3ccccn3)cnn2-c2cccc(F)c2)CC1. The summed E-state index contributed by atoms with van der Waals surface area (Å²) in [6, 6.07) is 11.3. The van der Waals surface area contributed by atoms with Gasteiger partial charge in [-0.2, -0.15) is 5.10 Å². The maximum absolute atomic E-state index is 14.0. The lowest BCUT2D eigenvalue weighted by Gasteiger charge is -2.34. The monoisotopic (exact) mass is 465 g/mol. The van der Waals surface area contributed by atoms with Crippen LogP contribution < -0.4 is 5.32 Å². The third-order valence-corrected chi connectivity index (χ3v) is 5.54. The molecule has 3 aromatic rings. The Hall–Kier alpha value is -3.75. The van der Waals surface area contributed by atoms with E-state index < -0.39 is 11.4 Å². The fraction of sp³-hybridized carbons (Fsp3) is 0.360. The number of amides is 2. The molecule has 0 saturated carbocycles. The maximum Gasteiger partial charge on any atom is 0.410 e. The Morgan fingerprint density at radius 3 is 2.53 bits per heavy atom. The molecule has 1 aromatic carbocycles. The van der Waals surface area contributed by atoms with Crippen molar-refractivity contribution in [3.05, 3.63) is 71.9 Å². The van der Waals surface area contributed by atoms with Gasteiger partial charge in [-0.15, -0.1) is 0 Å². The van der Waals surface area contributed by atoms with Crippen LogP contribution in [-0.4, -0.2) is 50.4 Å². The molecule has 0 atom stereocenters. The van der Waals surface area contributed by atoms with Gasteiger partial charge in [0.15, 0.2) is 0 Å². The molecule has 9 heteroatoms. The molecule has 2 amide bonds. The predicted octanol–water partition coefficient (Wildman–Crippen LogP) is 4.77. The lowest BCUT2D eigenvalue weighted by molar-refractivity contribution is 0.0203. The molecule has 4 rings (SSSR count). The van der Waals surface area contributed by atoms with E-state index in [4.69, 9.17) is 4.74 Å². The molecule has 34 heavy (non-hydrogen) atoms. The first-order chi connectivity index (χ1) is 16.2. The van der Waals surface area contributed by atoms with E-state index in [0.29, 0.717) is 48.7 Å². The highest BCUT2D eigenvalue weighted by Crippen LogP contribution is 2.33. The Morgan fingerprint density at radius 1 is 1.12 bits per heavy atom. The Labute approximate surface area is 197 Å². The number of nitrogens with one attached hydrogen (secondary N) is 1. The van der Waals surface area contributed by atoms with E-state index in [2.05, 4.69) is 15.4 Å². The zero-order chi connectivity index (χ0) is 24.3. The summed E-state index contributed by atoms with van der Waals surface area (Å²) in [5.41, 5.74) is 1.04. The Morgan fingerprint density at radius 2 is 1.88 bits per heavy atom. The van der Waals surface area contributed by atoms with Crippen molar-refractivity contribution in [1.82, 2.24) is 19.7 Å². The third-order valence-electron chi connectivity index (χ3n) is 5.54. The van der Waals surface area contributed by atoms with E-state index >= 15 is 0 Å². The molecule has 1 aliphatic heterocycles. The van der Waals surface area contributed by atoms with Gasteiger partial charge in [0.1, 0.15) is 17.2 Å². The summed E-state index contributed by atoms with van der Waals surface area (Å²) in [5.74, 6) is -0.366. The normalized spacial score (nSPS) is 14.6. The van der Waals surface area contributed by atoms with Gasteiger partial charge in [-0.1, -0.05) is 12.1 Å². The van der Waals surface area contributed by atoms with Crippen molar-refractivity contribution in [1.29, 1.82) is 0 Å². The number of carbonyl (C=O) groups excluding carboxylic acids is 2. The summed E-state index contributed by atoms with van der Waals surface area (Å²) in [6.45, 7) is 6.47. The van der Waals surface area contributed by atoms with Crippen LogP contribution in [-0.2, 0) is 4.74 Å². The first-order valence-electron chi connectivity index (χ1n) is 11.3. The number of carbonyl (C=O) groups is 2. The molecule has 8 nitrogen and oxygen atoms in total. The van der Waals surface area contributed by atoms with Crippen LogP contribution in [0, 0.1) is 5.82 Å². The summed E-state index contributed by atoms with van der Waals surface area (Å²) in [5, 5.41) is 7.24. The number of aromatic nitrogens is 3. The Kier molecular flexibility index (Phi) is 6.63. The van der Waals surface area contributed by atoms with Crippen LogP contribution in [0.1, 0.15) is 55.6 Å². The summed E-state index contributed by atoms with van der Waals surface area (Å²) in [7, 11) is 0. The minimum Gasteiger partial charge on any atom is -0.444 e. The number of nitrogens with zero attached hydrogens (tertiary/aromatic N) is 4. The minimum absolute atomic E-state index is 0.0612. The zero-order valence-electron chi connectivity index (χ0n) is 19.5. The van der Waals surface area contributed by atoms with Crippen molar-refractivity contribution >= 4 is 17.8 Å². The van der Waals surface area contributed by atoms with Gasteiger partial charge in [-0.05, 0) is 63.9 Å². The van der Waals surface area contributed by atoms with Crippen LogP contribution in [0.25, 0.3) is 5.69 Å². The molecule has 1 N–H and O–H groups in total. The van der Waals surface area contributed by atoms with E-state index in [9.17, 15) is 14.0 Å². The highest BCUT2D eigenvalue weighted by molar-refractivity contribution is 6.04. The lowest BCUT2D eigenvalue weighted by atomic mass is 9.91. The van der Waals surface area contributed by atoms with Gasteiger partial charge in [0, 0.05) is 25.2 Å². The number of anilines is 1. The average molecular weight is 466 g/mol. The first kappa shape index (κ1) is 23.4. The number of benzene rings is 1. The van der Waals surface area contributed by atoms with Crippen LogP contribution in [0.3, 0.4) is 0 Å². The summed E-state index contributed by atoms with van der Waals surface area (Å²) in [6.07, 6.45) is 3.98. The maximum atomic E-state index is 14.0. The van der Waals surface area contributed by atoms with Gasteiger partial charge < -0.3 is 15.0 Å². The van der Waals surface area contributed by atoms with E-state index in [1.54, 1.807) is 46.1 Å². The van der Waals surface area contributed by atoms with Crippen LogP contribution in [0.4, 0.5) is 15.0 Å². The van der Waals surface area contributed by atoms with E-state index in [1.807, 2.05) is 20.8 Å². The Balaban J connectivity index is 1.61. The van der Waals surface area contributed by atoms with Gasteiger partial charge in [0.25, 0.3) is 5.91 Å². The molecule has 178 valence electrons. The second kappa shape index (κ2) is 9.62. The highest BCUT2D eigenvalue weighted by atomic mass is 19.1. The van der Waals surface area contributed by atoms with Crippen molar-refractivity contribution in [3.8, 4) is 5.69 Å². The molecule has 1 saturated heterocycles. The Bertz CT molecular complexity index is 1160. The fourth-order valence-electron chi connectivity index (χ4n) is 4.02. The largest absolute Gasteiger partial charge is 0.444 e. The summed E-state index contributed by atoms with van der Waals surface area (Å²) in [4.78, 5) is 31.5. The molecular weight excluding hydrogens is 437 g/mol. The number of pyridine rings is 1. The molecule has 0 bridgehead atoms. The summed E-state index contributed by atoms with van der Waals surface area (Å²) < 4.78 is 21.1. The standard InChI is InChI=1S/C25H28FN5O3/c1-25(2,3)34-24(33)30-13-10-17(11-14-30)22-20(23(32)29-21-9-4-5-12-27-21)16-28-31(22)19-8-6-7-18(26)15-19/h4-9,12,15-17H,10-11,13-14H2,1-3H3,(H,27,29,32). The summed E-state index contributed by atoms with van der Waals surface area (Å²) >= 11 is 0. The number of likely N-dealkylation sites (tertiary alicyclic amines) is 1. The number of ether oxygens (including phenoxy) is 1. The van der Waals surface area contributed by atoms with Crippen LogP contribution >= 0.6 is 0 Å². The van der Waals surface area contributed by atoms with Crippen molar-refractivity contribution in [2.45, 2.75) is 45.1 Å². The van der Waals surface area contributed by atoms with Crippen molar-refractivity contribution < 1.29 is 18.7 Å². The number of hydrogen-bond donors (Lipinski definition) is 1. The molecule has 0 unspecified atom stereocenters. The molecular formula is C25H28FN5O3. The van der Waals surface area contributed by atoms with E-state index in [-0.39, 0.29) is 17.9 Å². The van der Waals surface area contributed by atoms with Gasteiger partial charge in [-0.3, -0.25) is 4.79 Å². The number of piperidine rings is 1. The molecule has 1 aliphatic rings. The fourth-order valence-corrected chi connectivity index (χ4v) is 4.02. The number of halogens is 1. The third kappa shape index (κ3) is 5.41. The van der Waals surface area contributed by atoms with Crippen molar-refractivity contribution in [3.63, 3.8) is 0 Å². The molecule has 0 spiro atoms. The van der Waals surface area contributed by atoms with Gasteiger partial charge >= 0.3 is 6.09 Å². The average Bonchev–Trinajstić information content (AvgIpc) is 3.24. The van der Waals surface area contributed by atoms with Crippen molar-refractivity contribution in [2.75, 3.05) is 18.4 Å². The van der Waals surface area contributed by atoms with Crippen LogP contribution in [0.15, 0.2) is 54.9 Å². The zero-order valence-corrected chi connectivity index (χ0v) is 19.5.